The van der Waals surface area contributed by atoms with Crippen molar-refractivity contribution in [1.82, 2.24) is 0 Å². The Kier molecular flexibility index (Phi) is 7.68. The molecule has 98 valence electrons. The highest BCUT2D eigenvalue weighted by Gasteiger charge is 2.22. The Bertz CT molecular complexity index is 362. The van der Waals surface area contributed by atoms with Gasteiger partial charge in [-0.25, -0.2) is 0 Å². The van der Waals surface area contributed by atoms with E-state index in [0.29, 0.717) is 5.02 Å². The van der Waals surface area contributed by atoms with Gasteiger partial charge in [-0.2, -0.15) is 0 Å². The fourth-order valence-corrected chi connectivity index (χ4v) is 2.03. The third-order valence-corrected chi connectivity index (χ3v) is 4.14. The van der Waals surface area contributed by atoms with Gasteiger partial charge in [-0.1, -0.05) is 37.9 Å². The highest BCUT2D eigenvalue weighted by molar-refractivity contribution is 9.10. The van der Waals surface area contributed by atoms with Crippen LogP contribution in [0.2, 0.25) is 5.02 Å². The fraction of sp³-hybridized carbons (Fsp3) is 0.500. The molecule has 0 radical (unpaired) electrons. The maximum atomic E-state index is 10.0. The lowest BCUT2D eigenvalue weighted by atomic mass is 9.92. The van der Waals surface area contributed by atoms with Crippen molar-refractivity contribution < 1.29 is 5.11 Å². The number of rotatable bonds is 4. The van der Waals surface area contributed by atoms with Crippen LogP contribution in [0.3, 0.4) is 0 Å². The van der Waals surface area contributed by atoms with Crippen LogP contribution in [0.25, 0.3) is 0 Å². The van der Waals surface area contributed by atoms with E-state index in [1.54, 1.807) is 6.07 Å². The molecule has 2 nitrogen and oxygen atoms in total. The van der Waals surface area contributed by atoms with Gasteiger partial charge in [0.25, 0.3) is 0 Å². The van der Waals surface area contributed by atoms with E-state index in [1.807, 2.05) is 26.0 Å². The lowest BCUT2D eigenvalue weighted by Crippen LogP contribution is -2.31. The van der Waals surface area contributed by atoms with Crippen LogP contribution < -0.4 is 5.73 Å². The summed E-state index contributed by atoms with van der Waals surface area (Å²) in [4.78, 5) is 0. The van der Waals surface area contributed by atoms with E-state index >= 15 is 0 Å². The van der Waals surface area contributed by atoms with Gasteiger partial charge in [0.05, 0.1) is 17.2 Å². The molecular formula is C12H18BrCl2NO. The van der Waals surface area contributed by atoms with Crippen molar-refractivity contribution in [3.63, 3.8) is 0 Å². The molecule has 1 aromatic rings. The number of hydrogen-bond acceptors (Lipinski definition) is 2. The standard InChI is InChI=1S/C12H17BrClNO.ClH/c1-3-7(2)12(16)11(15)8-4-5-10(14)9(13)6-8;/h4-7,11-12,16H,3,15H2,1-2H3;1H/t7?,11-,12+;/m0./s1. The van der Waals surface area contributed by atoms with Gasteiger partial charge < -0.3 is 10.8 Å². The summed E-state index contributed by atoms with van der Waals surface area (Å²) < 4.78 is 0.804. The molecule has 1 aromatic carbocycles. The van der Waals surface area contributed by atoms with E-state index in [0.717, 1.165) is 16.5 Å². The molecule has 3 N–H and O–H groups in total. The second-order valence-corrected chi connectivity index (χ2v) is 5.34. The van der Waals surface area contributed by atoms with Gasteiger partial charge in [0.15, 0.2) is 0 Å². The molecule has 0 saturated heterocycles. The molecule has 17 heavy (non-hydrogen) atoms. The van der Waals surface area contributed by atoms with E-state index < -0.39 is 6.10 Å². The van der Waals surface area contributed by atoms with E-state index in [-0.39, 0.29) is 24.4 Å². The second-order valence-electron chi connectivity index (χ2n) is 4.08. The second kappa shape index (κ2) is 7.59. The number of benzene rings is 1. The SMILES string of the molecule is CCC(C)[C@@H](O)[C@@H](N)c1ccc(Cl)c(Br)c1.Cl. The summed E-state index contributed by atoms with van der Waals surface area (Å²) in [7, 11) is 0. The van der Waals surface area contributed by atoms with E-state index in [1.165, 1.54) is 0 Å². The predicted molar refractivity (Wildman–Crippen MR) is 78.8 cm³/mol. The summed E-state index contributed by atoms with van der Waals surface area (Å²) in [5.41, 5.74) is 6.91. The third-order valence-electron chi connectivity index (χ3n) is 2.92. The Morgan fingerprint density at radius 3 is 2.53 bits per heavy atom. The minimum absolute atomic E-state index is 0. The smallest absolute Gasteiger partial charge is 0.0758 e. The Morgan fingerprint density at radius 1 is 1.47 bits per heavy atom. The van der Waals surface area contributed by atoms with E-state index in [2.05, 4.69) is 15.9 Å². The minimum Gasteiger partial charge on any atom is -0.391 e. The van der Waals surface area contributed by atoms with Gasteiger partial charge >= 0.3 is 0 Å². The molecule has 1 unspecified atom stereocenters. The molecule has 0 aliphatic rings. The minimum atomic E-state index is -0.530. The normalized spacial score (nSPS) is 15.9. The highest BCUT2D eigenvalue weighted by atomic mass is 79.9. The lowest BCUT2D eigenvalue weighted by molar-refractivity contribution is 0.0880. The number of halogens is 3. The van der Waals surface area contributed by atoms with Crippen LogP contribution in [0, 0.1) is 5.92 Å². The predicted octanol–water partition coefficient (Wildman–Crippen LogP) is 3.93. The van der Waals surface area contributed by atoms with Crippen molar-refractivity contribution in [3.05, 3.63) is 33.3 Å². The number of aliphatic hydroxyl groups is 1. The van der Waals surface area contributed by atoms with Crippen LogP contribution in [0.5, 0.6) is 0 Å². The van der Waals surface area contributed by atoms with Crippen molar-refractivity contribution in [2.45, 2.75) is 32.4 Å². The molecule has 0 aliphatic carbocycles. The summed E-state index contributed by atoms with van der Waals surface area (Å²) in [5.74, 6) is 0.185. The van der Waals surface area contributed by atoms with Gasteiger partial charge in [-0.15, -0.1) is 12.4 Å². The molecular weight excluding hydrogens is 325 g/mol. The molecule has 0 heterocycles. The van der Waals surface area contributed by atoms with Gasteiger partial charge in [-0.3, -0.25) is 0 Å². The Morgan fingerprint density at radius 2 is 2.06 bits per heavy atom. The van der Waals surface area contributed by atoms with Gasteiger partial charge in [0, 0.05) is 4.47 Å². The molecule has 0 saturated carbocycles. The maximum absolute atomic E-state index is 10.0. The number of nitrogens with two attached hydrogens (primary N) is 1. The maximum Gasteiger partial charge on any atom is 0.0758 e. The highest BCUT2D eigenvalue weighted by Crippen LogP contribution is 2.28. The molecule has 5 heteroatoms. The van der Waals surface area contributed by atoms with Gasteiger partial charge in [-0.05, 0) is 39.5 Å². The molecule has 0 amide bonds. The van der Waals surface area contributed by atoms with Crippen LogP contribution in [0.1, 0.15) is 31.9 Å². The van der Waals surface area contributed by atoms with E-state index in [4.69, 9.17) is 17.3 Å². The summed E-state index contributed by atoms with van der Waals surface area (Å²) in [6.07, 6.45) is 0.377. The zero-order valence-electron chi connectivity index (χ0n) is 9.86. The first-order chi connectivity index (χ1) is 7.47. The van der Waals surface area contributed by atoms with Crippen LogP contribution in [-0.2, 0) is 0 Å². The van der Waals surface area contributed by atoms with Crippen LogP contribution in [0.15, 0.2) is 22.7 Å². The molecule has 0 spiro atoms. The molecule has 0 aliphatic heterocycles. The topological polar surface area (TPSA) is 46.2 Å². The zero-order chi connectivity index (χ0) is 12.3. The Labute approximate surface area is 122 Å². The van der Waals surface area contributed by atoms with Crippen molar-refractivity contribution in [2.24, 2.45) is 11.7 Å². The average Bonchev–Trinajstić information content (AvgIpc) is 2.29. The quantitative estimate of drug-likeness (QED) is 0.870. The summed E-state index contributed by atoms with van der Waals surface area (Å²) in [6.45, 7) is 4.04. The van der Waals surface area contributed by atoms with Crippen LogP contribution >= 0.6 is 39.9 Å². The van der Waals surface area contributed by atoms with Crippen molar-refractivity contribution in [2.75, 3.05) is 0 Å². The zero-order valence-corrected chi connectivity index (χ0v) is 13.0. The Balaban J connectivity index is 0.00000256. The van der Waals surface area contributed by atoms with Crippen molar-refractivity contribution in [3.8, 4) is 0 Å². The number of hydrogen-bond donors (Lipinski definition) is 2. The molecule has 0 fully saturated rings. The first-order valence-corrected chi connectivity index (χ1v) is 6.53. The van der Waals surface area contributed by atoms with E-state index in [9.17, 15) is 5.11 Å². The molecule has 0 bridgehead atoms. The largest absolute Gasteiger partial charge is 0.391 e. The first kappa shape index (κ1) is 17.2. The van der Waals surface area contributed by atoms with Crippen LogP contribution in [0.4, 0.5) is 0 Å². The number of aliphatic hydroxyl groups excluding tert-OH is 1. The van der Waals surface area contributed by atoms with Crippen LogP contribution in [-0.4, -0.2) is 11.2 Å². The summed E-state index contributed by atoms with van der Waals surface area (Å²) >= 11 is 9.25. The summed E-state index contributed by atoms with van der Waals surface area (Å²) in [5, 5.41) is 10.7. The van der Waals surface area contributed by atoms with Crippen molar-refractivity contribution in [1.29, 1.82) is 0 Å². The first-order valence-electron chi connectivity index (χ1n) is 5.36. The molecule has 1 rings (SSSR count). The summed E-state index contributed by atoms with van der Waals surface area (Å²) in [6, 6.07) is 5.12. The lowest BCUT2D eigenvalue weighted by Gasteiger charge is -2.24. The average molecular weight is 343 g/mol. The molecule has 0 aromatic heterocycles. The van der Waals surface area contributed by atoms with Gasteiger partial charge in [0.1, 0.15) is 0 Å². The molecule has 3 atom stereocenters. The van der Waals surface area contributed by atoms with Crippen molar-refractivity contribution >= 4 is 39.9 Å². The van der Waals surface area contributed by atoms with Gasteiger partial charge in [0.2, 0.25) is 0 Å². The monoisotopic (exact) mass is 341 g/mol. The third kappa shape index (κ3) is 4.42. The fourth-order valence-electron chi connectivity index (χ4n) is 1.51. The Hall–Kier alpha value is 0.200.